The van der Waals surface area contributed by atoms with Gasteiger partial charge in [0.05, 0.1) is 12.4 Å². The predicted molar refractivity (Wildman–Crippen MR) is 59.2 cm³/mol. The second-order valence-corrected chi connectivity index (χ2v) is 2.86. The summed E-state index contributed by atoms with van der Waals surface area (Å²) < 4.78 is 5.42. The lowest BCUT2D eigenvalue weighted by molar-refractivity contribution is 0.341. The molecule has 0 amide bonds. The molecule has 0 spiro atoms. The highest BCUT2D eigenvalue weighted by molar-refractivity contribution is 5.83. The maximum Gasteiger partial charge on any atom is 0.144 e. The summed E-state index contributed by atoms with van der Waals surface area (Å²) in [6.07, 6.45) is 0.750. The van der Waals surface area contributed by atoms with Crippen molar-refractivity contribution in [3.05, 3.63) is 24.3 Å². The van der Waals surface area contributed by atoms with Gasteiger partial charge in [-0.05, 0) is 19.1 Å². The SMILES string of the molecule is CCOc1ccccc1N=C(N)CC. The second-order valence-electron chi connectivity index (χ2n) is 2.86. The number of amidine groups is 1. The fourth-order valence-electron chi connectivity index (χ4n) is 1.06. The number of hydrogen-bond acceptors (Lipinski definition) is 2. The standard InChI is InChI=1S/C11H16N2O/c1-3-11(12)13-9-7-5-6-8-10(9)14-4-2/h5-8H,3-4H2,1-2H3,(H2,12,13). The quantitative estimate of drug-likeness (QED) is 0.588. The van der Waals surface area contributed by atoms with Gasteiger partial charge < -0.3 is 10.5 Å². The number of rotatable bonds is 4. The first-order valence-corrected chi connectivity index (χ1v) is 4.82. The van der Waals surface area contributed by atoms with Crippen LogP contribution in [0.1, 0.15) is 20.3 Å². The van der Waals surface area contributed by atoms with Crippen molar-refractivity contribution in [1.29, 1.82) is 0 Å². The molecule has 0 saturated heterocycles. The number of nitrogens with two attached hydrogens (primary N) is 1. The van der Waals surface area contributed by atoms with Crippen LogP contribution in [0.5, 0.6) is 5.75 Å². The normalized spacial score (nSPS) is 11.4. The van der Waals surface area contributed by atoms with Crippen LogP contribution in [-0.2, 0) is 0 Å². The van der Waals surface area contributed by atoms with Crippen molar-refractivity contribution in [2.24, 2.45) is 10.7 Å². The van der Waals surface area contributed by atoms with Crippen molar-refractivity contribution in [2.45, 2.75) is 20.3 Å². The van der Waals surface area contributed by atoms with E-state index in [1.807, 2.05) is 38.1 Å². The average molecular weight is 192 g/mol. The number of para-hydroxylation sites is 2. The molecule has 14 heavy (non-hydrogen) atoms. The Hall–Kier alpha value is -1.51. The smallest absolute Gasteiger partial charge is 0.144 e. The third-order valence-corrected chi connectivity index (χ3v) is 1.79. The van der Waals surface area contributed by atoms with Crippen molar-refractivity contribution < 1.29 is 4.74 Å². The van der Waals surface area contributed by atoms with Crippen molar-refractivity contribution in [2.75, 3.05) is 6.61 Å². The Morgan fingerprint density at radius 1 is 1.36 bits per heavy atom. The Morgan fingerprint density at radius 2 is 2.07 bits per heavy atom. The number of aliphatic imine (C=N–C) groups is 1. The highest BCUT2D eigenvalue weighted by Crippen LogP contribution is 2.26. The molecule has 0 radical (unpaired) electrons. The van der Waals surface area contributed by atoms with Gasteiger partial charge in [0.15, 0.2) is 0 Å². The van der Waals surface area contributed by atoms with Gasteiger partial charge in [-0.15, -0.1) is 0 Å². The van der Waals surface area contributed by atoms with Crippen LogP contribution in [0.2, 0.25) is 0 Å². The summed E-state index contributed by atoms with van der Waals surface area (Å²) in [5.41, 5.74) is 6.46. The summed E-state index contributed by atoms with van der Waals surface area (Å²) >= 11 is 0. The largest absolute Gasteiger partial charge is 0.492 e. The summed E-state index contributed by atoms with van der Waals surface area (Å²) in [5.74, 6) is 1.41. The van der Waals surface area contributed by atoms with Crippen LogP contribution < -0.4 is 10.5 Å². The second kappa shape index (κ2) is 5.27. The van der Waals surface area contributed by atoms with E-state index in [4.69, 9.17) is 10.5 Å². The van der Waals surface area contributed by atoms with Gasteiger partial charge >= 0.3 is 0 Å². The lowest BCUT2D eigenvalue weighted by atomic mass is 10.3. The molecule has 0 aliphatic rings. The Balaban J connectivity index is 2.95. The van der Waals surface area contributed by atoms with Crippen molar-refractivity contribution in [3.8, 4) is 5.75 Å². The van der Waals surface area contributed by atoms with Gasteiger partial charge in [0.25, 0.3) is 0 Å². The Labute approximate surface area is 84.6 Å². The highest BCUT2D eigenvalue weighted by atomic mass is 16.5. The molecule has 0 aliphatic carbocycles. The molecule has 0 bridgehead atoms. The number of hydrogen-bond donors (Lipinski definition) is 1. The summed E-state index contributed by atoms with van der Waals surface area (Å²) in [7, 11) is 0. The van der Waals surface area contributed by atoms with E-state index in [9.17, 15) is 0 Å². The van der Waals surface area contributed by atoms with Crippen LogP contribution in [-0.4, -0.2) is 12.4 Å². The Morgan fingerprint density at radius 3 is 2.71 bits per heavy atom. The Kier molecular flexibility index (Phi) is 3.98. The fraction of sp³-hybridized carbons (Fsp3) is 0.364. The molecule has 3 nitrogen and oxygen atoms in total. The van der Waals surface area contributed by atoms with Gasteiger partial charge in [-0.3, -0.25) is 0 Å². The lowest BCUT2D eigenvalue weighted by Crippen LogP contribution is -2.08. The first-order valence-electron chi connectivity index (χ1n) is 4.82. The van der Waals surface area contributed by atoms with E-state index in [0.717, 1.165) is 17.9 Å². The molecule has 76 valence electrons. The van der Waals surface area contributed by atoms with Crippen molar-refractivity contribution in [1.82, 2.24) is 0 Å². The molecule has 3 heteroatoms. The van der Waals surface area contributed by atoms with Gasteiger partial charge in [-0.25, -0.2) is 4.99 Å². The van der Waals surface area contributed by atoms with E-state index in [0.29, 0.717) is 12.4 Å². The van der Waals surface area contributed by atoms with Crippen molar-refractivity contribution >= 4 is 11.5 Å². The summed E-state index contributed by atoms with van der Waals surface area (Å²) in [6.45, 7) is 4.56. The van der Waals surface area contributed by atoms with E-state index in [1.54, 1.807) is 0 Å². The highest BCUT2D eigenvalue weighted by Gasteiger charge is 2.00. The number of nitrogens with zero attached hydrogens (tertiary/aromatic N) is 1. The maximum atomic E-state index is 5.66. The molecule has 1 rings (SSSR count). The maximum absolute atomic E-state index is 5.66. The minimum absolute atomic E-state index is 0.622. The Bertz CT molecular complexity index is 321. The van der Waals surface area contributed by atoms with Crippen LogP contribution in [0.15, 0.2) is 29.3 Å². The van der Waals surface area contributed by atoms with Gasteiger partial charge in [-0.1, -0.05) is 19.1 Å². The van der Waals surface area contributed by atoms with Crippen LogP contribution >= 0.6 is 0 Å². The van der Waals surface area contributed by atoms with E-state index in [-0.39, 0.29) is 0 Å². The molecule has 1 aromatic carbocycles. The zero-order valence-corrected chi connectivity index (χ0v) is 8.66. The van der Waals surface area contributed by atoms with Gasteiger partial charge in [0.2, 0.25) is 0 Å². The minimum Gasteiger partial charge on any atom is -0.492 e. The summed E-state index contributed by atoms with van der Waals surface area (Å²) in [5, 5.41) is 0. The van der Waals surface area contributed by atoms with Crippen LogP contribution in [0.3, 0.4) is 0 Å². The molecule has 0 fully saturated rings. The molecule has 0 saturated carbocycles. The molecular formula is C11H16N2O. The lowest BCUT2D eigenvalue weighted by Gasteiger charge is -2.06. The molecule has 0 heterocycles. The summed E-state index contributed by atoms with van der Waals surface area (Å²) in [6, 6.07) is 7.63. The third-order valence-electron chi connectivity index (χ3n) is 1.79. The van der Waals surface area contributed by atoms with Crippen LogP contribution in [0.25, 0.3) is 0 Å². The van der Waals surface area contributed by atoms with E-state index >= 15 is 0 Å². The van der Waals surface area contributed by atoms with E-state index in [1.165, 1.54) is 0 Å². The third kappa shape index (κ3) is 2.76. The molecule has 0 unspecified atom stereocenters. The first-order chi connectivity index (χ1) is 6.77. The zero-order chi connectivity index (χ0) is 10.4. The molecule has 2 N–H and O–H groups in total. The molecule has 0 aromatic heterocycles. The topological polar surface area (TPSA) is 47.6 Å². The molecule has 0 atom stereocenters. The minimum atomic E-state index is 0.622. The molecular weight excluding hydrogens is 176 g/mol. The fourth-order valence-corrected chi connectivity index (χ4v) is 1.06. The average Bonchev–Trinajstić information content (AvgIpc) is 2.21. The van der Waals surface area contributed by atoms with E-state index in [2.05, 4.69) is 4.99 Å². The number of ether oxygens (including phenoxy) is 1. The van der Waals surface area contributed by atoms with Crippen LogP contribution in [0, 0.1) is 0 Å². The summed E-state index contributed by atoms with van der Waals surface area (Å²) in [4.78, 5) is 4.27. The van der Waals surface area contributed by atoms with Gasteiger partial charge in [-0.2, -0.15) is 0 Å². The van der Waals surface area contributed by atoms with Crippen molar-refractivity contribution in [3.63, 3.8) is 0 Å². The van der Waals surface area contributed by atoms with Crippen LogP contribution in [0.4, 0.5) is 5.69 Å². The predicted octanol–water partition coefficient (Wildman–Crippen LogP) is 2.48. The molecule has 0 aliphatic heterocycles. The van der Waals surface area contributed by atoms with Gasteiger partial charge in [0, 0.05) is 6.42 Å². The number of benzene rings is 1. The molecule has 1 aromatic rings. The zero-order valence-electron chi connectivity index (χ0n) is 8.66. The monoisotopic (exact) mass is 192 g/mol. The van der Waals surface area contributed by atoms with Gasteiger partial charge in [0.1, 0.15) is 11.4 Å². The van der Waals surface area contributed by atoms with E-state index < -0.39 is 0 Å². The first kappa shape index (κ1) is 10.6.